The maximum atomic E-state index is 12.0. The highest BCUT2D eigenvalue weighted by molar-refractivity contribution is 7.80. The number of hydrogen-bond donors (Lipinski definition) is 2. The van der Waals surface area contributed by atoms with Gasteiger partial charge in [-0.1, -0.05) is 18.2 Å². The van der Waals surface area contributed by atoms with E-state index in [1.54, 1.807) is 0 Å². The van der Waals surface area contributed by atoms with Gasteiger partial charge in [-0.3, -0.25) is 9.78 Å². The first-order valence-corrected chi connectivity index (χ1v) is 12.9. The van der Waals surface area contributed by atoms with E-state index < -0.39 is 0 Å². The van der Waals surface area contributed by atoms with Crippen molar-refractivity contribution in [3.63, 3.8) is 0 Å². The average molecular weight is 526 g/mol. The lowest BCUT2D eigenvalue weighted by Crippen LogP contribution is -2.29. The van der Waals surface area contributed by atoms with Crippen LogP contribution >= 0.6 is 12.2 Å². The van der Waals surface area contributed by atoms with Crippen molar-refractivity contribution in [1.29, 1.82) is 0 Å². The molecule has 1 fully saturated rings. The third kappa shape index (κ3) is 4.92. The van der Waals surface area contributed by atoms with Gasteiger partial charge in [0.05, 0.1) is 17.8 Å². The van der Waals surface area contributed by atoms with Crippen molar-refractivity contribution in [3.05, 3.63) is 107 Å². The van der Waals surface area contributed by atoms with Crippen LogP contribution in [-0.2, 0) is 9.53 Å². The number of hydrogen-bond acceptors (Lipinski definition) is 4. The van der Waals surface area contributed by atoms with Crippen LogP contribution in [0.5, 0.6) is 0 Å². The van der Waals surface area contributed by atoms with Gasteiger partial charge < -0.3 is 24.8 Å². The monoisotopic (exact) mass is 525 g/mol. The van der Waals surface area contributed by atoms with E-state index in [0.717, 1.165) is 28.5 Å². The van der Waals surface area contributed by atoms with Crippen LogP contribution in [0.2, 0.25) is 0 Å². The third-order valence-corrected chi connectivity index (χ3v) is 7.17. The molecule has 8 heteroatoms. The normalized spacial score (nSPS) is 16.9. The second-order valence-corrected chi connectivity index (χ2v) is 9.91. The molecule has 0 unspecified atom stereocenters. The van der Waals surface area contributed by atoms with E-state index in [9.17, 15) is 4.79 Å². The molecule has 0 bridgehead atoms. The molecule has 0 radical (unpaired) electrons. The minimum absolute atomic E-state index is 0.00622. The fourth-order valence-corrected chi connectivity index (χ4v) is 5.58. The Kier molecular flexibility index (Phi) is 7.26. The van der Waals surface area contributed by atoms with Gasteiger partial charge in [0, 0.05) is 41.8 Å². The molecule has 1 aliphatic rings. The molecule has 5 rings (SSSR count). The topological polar surface area (TPSA) is 71.4 Å². The number of ether oxygens (including phenoxy) is 1. The number of nitrogens with zero attached hydrogens (tertiary/aromatic N) is 3. The Morgan fingerprint density at radius 2 is 1.82 bits per heavy atom. The van der Waals surface area contributed by atoms with Crippen molar-refractivity contribution >= 4 is 34.6 Å². The highest BCUT2D eigenvalue weighted by Crippen LogP contribution is 2.44. The van der Waals surface area contributed by atoms with Crippen LogP contribution in [-0.4, -0.2) is 34.3 Å². The zero-order valence-electron chi connectivity index (χ0n) is 21.9. The fourth-order valence-electron chi connectivity index (χ4n) is 5.23. The van der Waals surface area contributed by atoms with Crippen LogP contribution in [0, 0.1) is 20.8 Å². The van der Waals surface area contributed by atoms with E-state index in [1.807, 2.05) is 48.7 Å². The molecule has 38 heavy (non-hydrogen) atoms. The number of methoxy groups -OCH3 is 1. The number of benzene rings is 2. The highest BCUT2D eigenvalue weighted by Gasteiger charge is 2.42. The van der Waals surface area contributed by atoms with Crippen LogP contribution in [0.1, 0.15) is 40.3 Å². The smallest absolute Gasteiger partial charge is 0.250 e. The number of amides is 1. The SMILES string of the molecule is COCC(=O)Nc1ccc(N2C(=S)N[C@H](c3ccccn3)[C@@H]2c2cc(C)n(-c3cccc(C)c3)c2C)cc1. The quantitative estimate of drug-likeness (QED) is 0.308. The highest BCUT2D eigenvalue weighted by atomic mass is 32.1. The maximum absolute atomic E-state index is 12.0. The first-order valence-electron chi connectivity index (χ1n) is 12.5. The first-order chi connectivity index (χ1) is 18.4. The number of anilines is 2. The summed E-state index contributed by atoms with van der Waals surface area (Å²) in [6, 6.07) is 24.2. The predicted molar refractivity (Wildman–Crippen MR) is 155 cm³/mol. The lowest BCUT2D eigenvalue weighted by Gasteiger charge is -2.28. The molecule has 7 nitrogen and oxygen atoms in total. The summed E-state index contributed by atoms with van der Waals surface area (Å²) >= 11 is 5.90. The van der Waals surface area contributed by atoms with Gasteiger partial charge in [-0.2, -0.15) is 0 Å². The molecule has 0 saturated carbocycles. The molecule has 1 aliphatic heterocycles. The maximum Gasteiger partial charge on any atom is 0.250 e. The Morgan fingerprint density at radius 1 is 1.03 bits per heavy atom. The van der Waals surface area contributed by atoms with Crippen LogP contribution in [0.3, 0.4) is 0 Å². The van der Waals surface area contributed by atoms with Crippen LogP contribution in [0.25, 0.3) is 5.69 Å². The lowest BCUT2D eigenvalue weighted by atomic mass is 9.96. The molecule has 2 aromatic carbocycles. The van der Waals surface area contributed by atoms with Crippen molar-refractivity contribution in [2.75, 3.05) is 23.9 Å². The van der Waals surface area contributed by atoms with Gasteiger partial charge in [0.25, 0.3) is 0 Å². The summed E-state index contributed by atoms with van der Waals surface area (Å²) < 4.78 is 7.22. The molecule has 2 atom stereocenters. The van der Waals surface area contributed by atoms with Crippen LogP contribution in [0.15, 0.2) is 79.0 Å². The Balaban J connectivity index is 1.58. The number of nitrogens with one attached hydrogen (secondary N) is 2. The molecule has 194 valence electrons. The number of carbonyl (C=O) groups excluding carboxylic acids is 1. The molecule has 0 spiro atoms. The summed E-state index contributed by atoms with van der Waals surface area (Å²) in [5.74, 6) is -0.199. The minimum Gasteiger partial charge on any atom is -0.375 e. The minimum atomic E-state index is -0.199. The van der Waals surface area contributed by atoms with Crippen molar-refractivity contribution in [2.24, 2.45) is 0 Å². The van der Waals surface area contributed by atoms with Gasteiger partial charge in [-0.15, -0.1) is 0 Å². The number of carbonyl (C=O) groups is 1. The van der Waals surface area contributed by atoms with Crippen molar-refractivity contribution in [2.45, 2.75) is 32.9 Å². The van der Waals surface area contributed by atoms with E-state index in [-0.39, 0.29) is 24.6 Å². The van der Waals surface area contributed by atoms with Crippen molar-refractivity contribution < 1.29 is 9.53 Å². The zero-order valence-corrected chi connectivity index (χ0v) is 22.8. The van der Waals surface area contributed by atoms with Gasteiger partial charge in [0.2, 0.25) is 5.91 Å². The number of aromatic nitrogens is 2. The van der Waals surface area contributed by atoms with E-state index in [4.69, 9.17) is 17.0 Å². The standard InChI is InChI=1S/C30H31N5O2S/c1-19-8-7-9-24(16-19)34-20(2)17-25(21(34)3)29-28(26-10-5-6-15-31-26)33-30(38)35(29)23-13-11-22(12-14-23)32-27(36)18-37-4/h5-17,28-29H,18H2,1-4H3,(H,32,36)(H,33,38)/t28-,29+/m1/s1. The Morgan fingerprint density at radius 3 is 2.50 bits per heavy atom. The summed E-state index contributed by atoms with van der Waals surface area (Å²) in [6.07, 6.45) is 1.81. The predicted octanol–water partition coefficient (Wildman–Crippen LogP) is 5.56. The molecule has 2 N–H and O–H groups in total. The van der Waals surface area contributed by atoms with Crippen LogP contribution < -0.4 is 15.5 Å². The Bertz CT molecular complexity index is 1470. The number of pyridine rings is 1. The lowest BCUT2D eigenvalue weighted by molar-refractivity contribution is -0.119. The van der Waals surface area contributed by atoms with E-state index >= 15 is 0 Å². The van der Waals surface area contributed by atoms with Gasteiger partial charge in [0.15, 0.2) is 5.11 Å². The molecule has 1 saturated heterocycles. The fraction of sp³-hybridized carbons (Fsp3) is 0.233. The summed E-state index contributed by atoms with van der Waals surface area (Å²) in [6.45, 7) is 6.41. The molecular weight excluding hydrogens is 494 g/mol. The molecule has 2 aromatic heterocycles. The molecule has 4 aromatic rings. The van der Waals surface area contributed by atoms with Crippen molar-refractivity contribution in [1.82, 2.24) is 14.9 Å². The molecular formula is C30H31N5O2S. The summed E-state index contributed by atoms with van der Waals surface area (Å²) in [5.41, 5.74) is 8.37. The second-order valence-electron chi connectivity index (χ2n) is 9.53. The van der Waals surface area contributed by atoms with Gasteiger partial charge >= 0.3 is 0 Å². The summed E-state index contributed by atoms with van der Waals surface area (Å²) in [7, 11) is 1.50. The van der Waals surface area contributed by atoms with Crippen molar-refractivity contribution in [3.8, 4) is 5.69 Å². The summed E-state index contributed by atoms with van der Waals surface area (Å²) in [4.78, 5) is 18.8. The Hall–Kier alpha value is -4.01. The largest absolute Gasteiger partial charge is 0.375 e. The summed E-state index contributed by atoms with van der Waals surface area (Å²) in [5, 5.41) is 7.01. The third-order valence-electron chi connectivity index (χ3n) is 6.85. The second kappa shape index (κ2) is 10.8. The first kappa shape index (κ1) is 25.6. The van der Waals surface area contributed by atoms with E-state index in [1.165, 1.54) is 18.2 Å². The molecule has 0 aliphatic carbocycles. The molecule has 1 amide bonds. The van der Waals surface area contributed by atoms with Gasteiger partial charge in [0.1, 0.15) is 6.61 Å². The van der Waals surface area contributed by atoms with Gasteiger partial charge in [-0.25, -0.2) is 0 Å². The zero-order chi connectivity index (χ0) is 26.8. The van der Waals surface area contributed by atoms with Crippen LogP contribution in [0.4, 0.5) is 11.4 Å². The van der Waals surface area contributed by atoms with Gasteiger partial charge in [-0.05, 0) is 98.7 Å². The number of rotatable bonds is 7. The number of aryl methyl sites for hydroxylation is 2. The number of thiocarbonyl (C=S) groups is 1. The Labute approximate surface area is 228 Å². The average Bonchev–Trinajstić information content (AvgIpc) is 3.40. The van der Waals surface area contributed by atoms with E-state index in [2.05, 4.69) is 76.2 Å². The molecule has 3 heterocycles. The van der Waals surface area contributed by atoms with E-state index in [0.29, 0.717) is 10.8 Å².